The molecule has 4 nitrogen and oxygen atoms in total. The zero-order chi connectivity index (χ0) is 13.1. The van der Waals surface area contributed by atoms with E-state index in [0.29, 0.717) is 12.3 Å². The van der Waals surface area contributed by atoms with Gasteiger partial charge in [-0.25, -0.2) is 4.98 Å². The van der Waals surface area contributed by atoms with Gasteiger partial charge in [0.2, 0.25) is 5.91 Å². The van der Waals surface area contributed by atoms with Crippen molar-refractivity contribution >= 4 is 17.2 Å². The van der Waals surface area contributed by atoms with Crippen LogP contribution in [-0.4, -0.2) is 33.9 Å². The maximum atomic E-state index is 12.3. The lowest BCUT2D eigenvalue weighted by molar-refractivity contribution is -0.131. The van der Waals surface area contributed by atoms with Gasteiger partial charge in [0.1, 0.15) is 5.82 Å². The molecule has 1 aliphatic heterocycles. The van der Waals surface area contributed by atoms with Gasteiger partial charge < -0.3 is 9.88 Å². The summed E-state index contributed by atoms with van der Waals surface area (Å²) in [5.41, 5.74) is 0. The first-order valence-electron chi connectivity index (χ1n) is 6.62. The highest BCUT2D eigenvalue weighted by molar-refractivity contribution is 7.10. The first-order valence-corrected chi connectivity index (χ1v) is 7.50. The van der Waals surface area contributed by atoms with Crippen LogP contribution in [0.4, 0.5) is 0 Å². The molecule has 1 aliphatic rings. The Morgan fingerprint density at radius 3 is 3.26 bits per heavy atom. The average Bonchev–Trinajstić information content (AvgIpc) is 3.12. The SMILES string of the molecule is O=C(Cc1cccs1)N1CCCC(c2ncc[nH]2)C1. The van der Waals surface area contributed by atoms with Crippen molar-refractivity contribution in [1.29, 1.82) is 0 Å². The lowest BCUT2D eigenvalue weighted by Crippen LogP contribution is -2.40. The van der Waals surface area contributed by atoms with E-state index in [-0.39, 0.29) is 5.91 Å². The minimum atomic E-state index is 0.235. The highest BCUT2D eigenvalue weighted by atomic mass is 32.1. The molecule has 0 aliphatic carbocycles. The number of carbonyl (C=O) groups is 1. The molecule has 1 saturated heterocycles. The zero-order valence-corrected chi connectivity index (χ0v) is 11.5. The number of hydrogen-bond acceptors (Lipinski definition) is 3. The third-order valence-electron chi connectivity index (χ3n) is 3.59. The number of hydrogen-bond donors (Lipinski definition) is 1. The van der Waals surface area contributed by atoms with Crippen molar-refractivity contribution in [3.05, 3.63) is 40.6 Å². The molecular formula is C14H17N3OS. The number of amides is 1. The molecule has 1 atom stereocenters. The predicted molar refractivity (Wildman–Crippen MR) is 75.2 cm³/mol. The monoisotopic (exact) mass is 275 g/mol. The minimum Gasteiger partial charge on any atom is -0.348 e. The number of piperidine rings is 1. The van der Waals surface area contributed by atoms with Gasteiger partial charge in [-0.2, -0.15) is 0 Å². The fraction of sp³-hybridized carbons (Fsp3) is 0.429. The molecule has 0 aromatic carbocycles. The van der Waals surface area contributed by atoms with Crippen LogP contribution < -0.4 is 0 Å². The van der Waals surface area contributed by atoms with Gasteiger partial charge in [-0.3, -0.25) is 4.79 Å². The molecule has 1 amide bonds. The summed E-state index contributed by atoms with van der Waals surface area (Å²) in [5.74, 6) is 1.60. The molecule has 3 heterocycles. The molecule has 2 aromatic rings. The quantitative estimate of drug-likeness (QED) is 0.935. The van der Waals surface area contributed by atoms with Crippen LogP contribution in [0, 0.1) is 0 Å². The molecule has 1 fully saturated rings. The van der Waals surface area contributed by atoms with Gasteiger partial charge in [-0.15, -0.1) is 11.3 Å². The summed E-state index contributed by atoms with van der Waals surface area (Å²) in [5, 5.41) is 2.02. The summed E-state index contributed by atoms with van der Waals surface area (Å²) in [6, 6.07) is 4.02. The first kappa shape index (κ1) is 12.4. The van der Waals surface area contributed by atoms with E-state index in [2.05, 4.69) is 9.97 Å². The van der Waals surface area contributed by atoms with Crippen molar-refractivity contribution in [2.45, 2.75) is 25.2 Å². The van der Waals surface area contributed by atoms with Crippen LogP contribution in [0.2, 0.25) is 0 Å². The molecule has 1 unspecified atom stereocenters. The van der Waals surface area contributed by atoms with E-state index in [1.54, 1.807) is 17.5 Å². The molecule has 2 aromatic heterocycles. The molecule has 1 N–H and O–H groups in total. The normalized spacial score (nSPS) is 19.6. The molecule has 0 saturated carbocycles. The summed E-state index contributed by atoms with van der Waals surface area (Å²) in [7, 11) is 0. The third-order valence-corrected chi connectivity index (χ3v) is 4.46. The predicted octanol–water partition coefficient (Wildman–Crippen LogP) is 2.42. The number of likely N-dealkylation sites (tertiary alicyclic amines) is 1. The minimum absolute atomic E-state index is 0.235. The summed E-state index contributed by atoms with van der Waals surface area (Å²) in [4.78, 5) is 22.9. The fourth-order valence-electron chi connectivity index (χ4n) is 2.60. The van der Waals surface area contributed by atoms with Gasteiger partial charge >= 0.3 is 0 Å². The summed E-state index contributed by atoms with van der Waals surface area (Å²) in [6.07, 6.45) is 6.32. The van der Waals surface area contributed by atoms with E-state index in [9.17, 15) is 4.79 Å². The van der Waals surface area contributed by atoms with Crippen LogP contribution in [0.3, 0.4) is 0 Å². The molecule has 0 spiro atoms. The van der Waals surface area contributed by atoms with E-state index in [1.807, 2.05) is 28.6 Å². The standard InChI is InChI=1S/C14H17N3OS/c18-13(9-12-4-2-8-19-12)17-7-1-3-11(10-17)14-15-5-6-16-14/h2,4-6,8,11H,1,3,7,9-10H2,(H,15,16). The van der Waals surface area contributed by atoms with Crippen LogP contribution in [0.15, 0.2) is 29.9 Å². The van der Waals surface area contributed by atoms with Crippen LogP contribution in [-0.2, 0) is 11.2 Å². The number of nitrogens with zero attached hydrogens (tertiary/aromatic N) is 2. The van der Waals surface area contributed by atoms with Crippen molar-refractivity contribution in [3.63, 3.8) is 0 Å². The van der Waals surface area contributed by atoms with Crippen molar-refractivity contribution in [2.75, 3.05) is 13.1 Å². The number of thiophene rings is 1. The van der Waals surface area contributed by atoms with Crippen molar-refractivity contribution < 1.29 is 4.79 Å². The Bertz CT molecular complexity index is 521. The lowest BCUT2D eigenvalue weighted by Gasteiger charge is -2.31. The topological polar surface area (TPSA) is 49.0 Å². The Labute approximate surface area is 116 Å². The largest absolute Gasteiger partial charge is 0.348 e. The van der Waals surface area contributed by atoms with E-state index in [4.69, 9.17) is 0 Å². The number of rotatable bonds is 3. The Hall–Kier alpha value is -1.62. The van der Waals surface area contributed by atoms with Crippen molar-refractivity contribution in [1.82, 2.24) is 14.9 Å². The number of aromatic nitrogens is 2. The van der Waals surface area contributed by atoms with Crippen LogP contribution in [0.5, 0.6) is 0 Å². The Morgan fingerprint density at radius 2 is 2.53 bits per heavy atom. The maximum Gasteiger partial charge on any atom is 0.227 e. The van der Waals surface area contributed by atoms with Crippen molar-refractivity contribution in [2.24, 2.45) is 0 Å². The molecule has 100 valence electrons. The third kappa shape index (κ3) is 2.87. The molecule has 5 heteroatoms. The Morgan fingerprint density at radius 1 is 1.58 bits per heavy atom. The lowest BCUT2D eigenvalue weighted by atomic mass is 9.97. The second kappa shape index (κ2) is 5.57. The summed E-state index contributed by atoms with van der Waals surface area (Å²) >= 11 is 1.65. The second-order valence-corrected chi connectivity index (χ2v) is 5.94. The van der Waals surface area contributed by atoms with Crippen LogP contribution >= 0.6 is 11.3 Å². The molecular weight excluding hydrogens is 258 g/mol. The van der Waals surface area contributed by atoms with Gasteiger partial charge in [-0.05, 0) is 24.3 Å². The Balaban J connectivity index is 1.63. The Kier molecular flexibility index (Phi) is 3.64. The van der Waals surface area contributed by atoms with E-state index in [0.717, 1.165) is 36.6 Å². The molecule has 19 heavy (non-hydrogen) atoms. The van der Waals surface area contributed by atoms with Crippen molar-refractivity contribution in [3.8, 4) is 0 Å². The summed E-state index contributed by atoms with van der Waals surface area (Å²) in [6.45, 7) is 1.67. The van der Waals surface area contributed by atoms with Crippen LogP contribution in [0.25, 0.3) is 0 Å². The molecule has 3 rings (SSSR count). The average molecular weight is 275 g/mol. The highest BCUT2D eigenvalue weighted by Crippen LogP contribution is 2.25. The number of aromatic amines is 1. The number of imidazole rings is 1. The first-order chi connectivity index (χ1) is 9.33. The van der Waals surface area contributed by atoms with Gasteiger partial charge in [0.15, 0.2) is 0 Å². The fourth-order valence-corrected chi connectivity index (χ4v) is 3.30. The summed E-state index contributed by atoms with van der Waals surface area (Å²) < 4.78 is 0. The zero-order valence-electron chi connectivity index (χ0n) is 10.7. The number of nitrogens with one attached hydrogen (secondary N) is 1. The van der Waals surface area contributed by atoms with E-state index in [1.165, 1.54) is 0 Å². The van der Waals surface area contributed by atoms with Gasteiger partial charge in [0.05, 0.1) is 6.42 Å². The van der Waals surface area contributed by atoms with Gasteiger partial charge in [0, 0.05) is 36.3 Å². The smallest absolute Gasteiger partial charge is 0.227 e. The van der Waals surface area contributed by atoms with E-state index < -0.39 is 0 Å². The van der Waals surface area contributed by atoms with E-state index >= 15 is 0 Å². The molecule has 0 bridgehead atoms. The van der Waals surface area contributed by atoms with Gasteiger partial charge in [0.25, 0.3) is 0 Å². The number of H-pyrrole nitrogens is 1. The maximum absolute atomic E-state index is 12.3. The number of carbonyl (C=O) groups excluding carboxylic acids is 1. The highest BCUT2D eigenvalue weighted by Gasteiger charge is 2.26. The van der Waals surface area contributed by atoms with Crippen LogP contribution in [0.1, 0.15) is 29.5 Å². The molecule has 0 radical (unpaired) electrons. The second-order valence-electron chi connectivity index (χ2n) is 4.91. The van der Waals surface area contributed by atoms with Gasteiger partial charge in [-0.1, -0.05) is 6.07 Å².